The third-order valence-corrected chi connectivity index (χ3v) is 7.10. The van der Waals surface area contributed by atoms with Gasteiger partial charge < -0.3 is 10.2 Å². The Morgan fingerprint density at radius 3 is 1.81 bits per heavy atom. The van der Waals surface area contributed by atoms with E-state index in [1.165, 1.54) is 12.1 Å². The van der Waals surface area contributed by atoms with Crippen molar-refractivity contribution in [1.29, 1.82) is 0 Å². The second-order valence-corrected chi connectivity index (χ2v) is 10.9. The normalized spacial score (nSPS) is 12.7. The third kappa shape index (κ3) is 4.84. The molecule has 15 heteroatoms. The second-order valence-electron chi connectivity index (χ2n) is 5.98. The average Bonchev–Trinajstić information content (AvgIpc) is 2.61. The smallest absolute Gasteiger partial charge is 0.298 e. The van der Waals surface area contributed by atoms with Crippen LogP contribution in [0.2, 0.25) is 5.02 Å². The molecule has 0 spiro atoms. The lowest BCUT2D eigenvalue weighted by molar-refractivity contribution is 0.393. The van der Waals surface area contributed by atoms with Gasteiger partial charge in [0.25, 0.3) is 20.2 Å². The first-order valence-corrected chi connectivity index (χ1v) is 12.6. The van der Waals surface area contributed by atoms with E-state index >= 15 is 0 Å². The molecule has 0 atom stereocenters. The summed E-state index contributed by atoms with van der Waals surface area (Å²) in [5.74, 6) is -2.11. The summed E-state index contributed by atoms with van der Waals surface area (Å²) in [6.45, 7) is 0. The molecule has 31 heavy (non-hydrogen) atoms. The molecule has 0 saturated carbocycles. The van der Waals surface area contributed by atoms with E-state index in [4.69, 9.17) is 11.6 Å². The highest BCUT2D eigenvalue weighted by Crippen LogP contribution is 2.43. The van der Waals surface area contributed by atoms with Gasteiger partial charge in [0.2, 0.25) is 0 Å². The Balaban J connectivity index is 2.33. The van der Waals surface area contributed by atoms with Gasteiger partial charge >= 0.3 is 0 Å². The highest BCUT2D eigenvalue weighted by atomic mass is 79.9. The Labute approximate surface area is 197 Å². The molecule has 0 saturated heterocycles. The molecule has 164 valence electrons. The quantitative estimate of drug-likeness (QED) is 0.173. The summed E-state index contributed by atoms with van der Waals surface area (Å²) in [7, 11) is -9.83. The summed E-state index contributed by atoms with van der Waals surface area (Å²) in [6.07, 6.45) is 0. The fourth-order valence-electron chi connectivity index (χ4n) is 2.58. The van der Waals surface area contributed by atoms with Crippen molar-refractivity contribution < 1.29 is 36.2 Å². The highest BCUT2D eigenvalue weighted by molar-refractivity contribution is 9.11. The van der Waals surface area contributed by atoms with Gasteiger partial charge in [-0.3, -0.25) is 9.11 Å². The summed E-state index contributed by atoms with van der Waals surface area (Å²) in [6, 6.07) is 5.50. The molecule has 0 bridgehead atoms. The fraction of sp³-hybridized carbons (Fsp3) is 0. The average molecular weight is 617 g/mol. The first kappa shape index (κ1) is 23.8. The van der Waals surface area contributed by atoms with E-state index in [1.54, 1.807) is 0 Å². The van der Waals surface area contributed by atoms with Gasteiger partial charge in [0, 0.05) is 19.4 Å². The first-order chi connectivity index (χ1) is 14.2. The predicted molar refractivity (Wildman–Crippen MR) is 118 cm³/mol. The van der Waals surface area contributed by atoms with Crippen molar-refractivity contribution >= 4 is 85.8 Å². The van der Waals surface area contributed by atoms with Crippen molar-refractivity contribution in [2.45, 2.75) is 9.79 Å². The van der Waals surface area contributed by atoms with Crippen molar-refractivity contribution in [3.8, 4) is 11.5 Å². The van der Waals surface area contributed by atoms with Crippen molar-refractivity contribution in [1.82, 2.24) is 0 Å². The number of benzene rings is 3. The molecule has 3 aromatic rings. The standard InChI is InChI=1S/C16H9Br2ClN2O8S2/c17-9-3-7(19)4-10(18)14(9)21-20-11-5-8-6(1-12(11)30(24,25)26)2-13(31(27,28)29)16(23)15(8)22/h1-5,22-23H,(H,24,25,26)(H,27,28,29). The first-order valence-electron chi connectivity index (χ1n) is 7.74. The van der Waals surface area contributed by atoms with Crippen LogP contribution in [0.25, 0.3) is 10.8 Å². The molecule has 0 aliphatic rings. The number of phenolic OH excluding ortho intramolecular Hbond substituents is 2. The Hall–Kier alpha value is -1.81. The van der Waals surface area contributed by atoms with E-state index in [1.807, 2.05) is 0 Å². The molecular formula is C16H9Br2ClN2O8S2. The van der Waals surface area contributed by atoms with E-state index in [2.05, 4.69) is 42.1 Å². The number of aromatic hydroxyl groups is 2. The Bertz CT molecular complexity index is 1470. The van der Waals surface area contributed by atoms with Crippen LogP contribution in [-0.2, 0) is 20.2 Å². The van der Waals surface area contributed by atoms with Crippen LogP contribution < -0.4 is 0 Å². The van der Waals surface area contributed by atoms with Gasteiger partial charge in [-0.05, 0) is 67.6 Å². The van der Waals surface area contributed by atoms with E-state index in [-0.39, 0.29) is 16.5 Å². The summed E-state index contributed by atoms with van der Waals surface area (Å²) in [4.78, 5) is -1.82. The van der Waals surface area contributed by atoms with Crippen LogP contribution in [-0.4, -0.2) is 36.2 Å². The Kier molecular flexibility index (Phi) is 6.36. The maximum atomic E-state index is 11.9. The largest absolute Gasteiger partial charge is 0.504 e. The molecule has 0 unspecified atom stereocenters. The summed E-state index contributed by atoms with van der Waals surface area (Å²) in [5.41, 5.74) is -0.211. The molecule has 4 N–H and O–H groups in total. The lowest BCUT2D eigenvalue weighted by atomic mass is 10.1. The van der Waals surface area contributed by atoms with E-state index in [0.29, 0.717) is 14.0 Å². The maximum absolute atomic E-state index is 11.9. The number of fused-ring (bicyclic) bond motifs is 1. The topological polar surface area (TPSA) is 174 Å². The van der Waals surface area contributed by atoms with Gasteiger partial charge in [0.05, 0.1) is 0 Å². The molecule has 0 radical (unpaired) electrons. The number of azo groups is 1. The van der Waals surface area contributed by atoms with Crippen molar-refractivity contribution in [3.05, 3.63) is 44.3 Å². The van der Waals surface area contributed by atoms with E-state index < -0.39 is 47.2 Å². The minimum absolute atomic E-state index is 0.222. The zero-order chi connectivity index (χ0) is 23.3. The van der Waals surface area contributed by atoms with Crippen molar-refractivity contribution in [2.75, 3.05) is 0 Å². The van der Waals surface area contributed by atoms with Crippen molar-refractivity contribution in [3.63, 3.8) is 0 Å². The van der Waals surface area contributed by atoms with Crippen LogP contribution in [0.15, 0.2) is 59.3 Å². The van der Waals surface area contributed by atoms with Gasteiger partial charge in [-0.2, -0.15) is 16.8 Å². The molecule has 0 aliphatic heterocycles. The predicted octanol–water partition coefficient (Wildman–Crippen LogP) is 5.34. The number of nitrogens with zero attached hydrogens (tertiary/aromatic N) is 2. The van der Waals surface area contributed by atoms with Gasteiger partial charge in [-0.1, -0.05) is 11.6 Å². The zero-order valence-corrected chi connectivity index (χ0v) is 20.2. The Morgan fingerprint density at radius 1 is 0.774 bits per heavy atom. The summed E-state index contributed by atoms with van der Waals surface area (Å²) in [5, 5.41) is 27.8. The van der Waals surface area contributed by atoms with Crippen LogP contribution in [0.3, 0.4) is 0 Å². The molecule has 3 aromatic carbocycles. The molecule has 0 heterocycles. The molecule has 0 amide bonds. The lowest BCUT2D eigenvalue weighted by Crippen LogP contribution is -2.01. The SMILES string of the molecule is O=S(=O)(O)c1cc2cc(S(=O)(=O)O)c(O)c(O)c2cc1N=Nc1c(Br)cc(Cl)cc1Br. The van der Waals surface area contributed by atoms with Crippen LogP contribution in [0.1, 0.15) is 0 Å². The summed E-state index contributed by atoms with van der Waals surface area (Å²) < 4.78 is 66.1. The van der Waals surface area contributed by atoms with Gasteiger partial charge in [0.15, 0.2) is 11.5 Å². The van der Waals surface area contributed by atoms with Crippen LogP contribution >= 0.6 is 43.5 Å². The minimum atomic E-state index is -4.95. The Morgan fingerprint density at radius 2 is 1.29 bits per heavy atom. The maximum Gasteiger partial charge on any atom is 0.298 e. The molecule has 0 aliphatic carbocycles. The van der Waals surface area contributed by atoms with Gasteiger partial charge in [-0.15, -0.1) is 10.2 Å². The lowest BCUT2D eigenvalue weighted by Gasteiger charge is -2.10. The van der Waals surface area contributed by atoms with Gasteiger partial charge in [0.1, 0.15) is 21.2 Å². The number of hydrogen-bond donors (Lipinski definition) is 4. The monoisotopic (exact) mass is 614 g/mol. The molecule has 0 aromatic heterocycles. The molecule has 10 nitrogen and oxygen atoms in total. The molecular weight excluding hydrogens is 608 g/mol. The van der Waals surface area contributed by atoms with Crippen LogP contribution in [0, 0.1) is 0 Å². The second kappa shape index (κ2) is 8.27. The number of hydrogen-bond acceptors (Lipinski definition) is 8. The molecule has 0 fully saturated rings. The fourth-order valence-corrected chi connectivity index (χ4v) is 5.66. The van der Waals surface area contributed by atoms with Gasteiger partial charge in [-0.25, -0.2) is 0 Å². The third-order valence-electron chi connectivity index (χ3n) is 3.93. The highest BCUT2D eigenvalue weighted by Gasteiger charge is 2.24. The minimum Gasteiger partial charge on any atom is -0.504 e. The molecule has 3 rings (SSSR count). The number of halogens is 3. The number of phenols is 2. The number of rotatable bonds is 4. The van der Waals surface area contributed by atoms with E-state index in [0.717, 1.165) is 18.2 Å². The van der Waals surface area contributed by atoms with Crippen LogP contribution in [0.5, 0.6) is 11.5 Å². The zero-order valence-electron chi connectivity index (χ0n) is 14.7. The summed E-state index contributed by atoms with van der Waals surface area (Å²) >= 11 is 12.4. The van der Waals surface area contributed by atoms with Crippen LogP contribution in [0.4, 0.5) is 11.4 Å². The van der Waals surface area contributed by atoms with Crippen molar-refractivity contribution in [2.24, 2.45) is 10.2 Å². The van der Waals surface area contributed by atoms with E-state index in [9.17, 15) is 36.2 Å².